The third kappa shape index (κ3) is 6.50. The number of hydrogen-bond donors (Lipinski definition) is 2. The molecule has 33 heavy (non-hydrogen) atoms. The van der Waals surface area contributed by atoms with E-state index in [2.05, 4.69) is 71.3 Å². The summed E-state index contributed by atoms with van der Waals surface area (Å²) < 4.78 is 5.81. The quantitative estimate of drug-likeness (QED) is 0.289. The molecule has 0 aromatic heterocycles. The predicted molar refractivity (Wildman–Crippen MR) is 137 cm³/mol. The molecule has 3 rings (SSSR count). The molecule has 0 saturated heterocycles. The monoisotopic (exact) mass is 452 g/mol. The van der Waals surface area contributed by atoms with E-state index in [9.17, 15) is 10.2 Å². The smallest absolute Gasteiger partial charge is 0.107 e. The van der Waals surface area contributed by atoms with Crippen molar-refractivity contribution in [3.63, 3.8) is 0 Å². The Labute approximate surface area is 201 Å². The van der Waals surface area contributed by atoms with Crippen LogP contribution in [0.25, 0.3) is 0 Å². The zero-order valence-electron chi connectivity index (χ0n) is 21.4. The maximum absolute atomic E-state index is 10.1. The third-order valence-corrected chi connectivity index (χ3v) is 7.74. The molecule has 182 valence electrons. The fourth-order valence-corrected chi connectivity index (χ4v) is 5.92. The van der Waals surface area contributed by atoms with Gasteiger partial charge in [-0.2, -0.15) is 0 Å². The van der Waals surface area contributed by atoms with Crippen LogP contribution in [0.5, 0.6) is 0 Å². The lowest BCUT2D eigenvalue weighted by molar-refractivity contribution is 0.0862. The summed E-state index contributed by atoms with van der Waals surface area (Å²) in [6, 6.07) is 0. The van der Waals surface area contributed by atoms with Gasteiger partial charge in [0.1, 0.15) is 6.61 Å². The number of hydrogen-bond acceptors (Lipinski definition) is 3. The lowest BCUT2D eigenvalue weighted by atomic mass is 9.62. The Morgan fingerprint density at radius 2 is 2.06 bits per heavy atom. The molecule has 2 fully saturated rings. The van der Waals surface area contributed by atoms with Gasteiger partial charge in [0.25, 0.3) is 0 Å². The second kappa shape index (κ2) is 10.8. The summed E-state index contributed by atoms with van der Waals surface area (Å²) >= 11 is 0. The zero-order chi connectivity index (χ0) is 24.2. The summed E-state index contributed by atoms with van der Waals surface area (Å²) in [5.41, 5.74) is 5.11. The maximum atomic E-state index is 10.1. The van der Waals surface area contributed by atoms with Crippen LogP contribution in [0.4, 0.5) is 0 Å². The minimum atomic E-state index is -0.628. The summed E-state index contributed by atoms with van der Waals surface area (Å²) in [4.78, 5) is 0. The molecule has 3 heteroatoms. The average molecular weight is 453 g/mol. The Morgan fingerprint density at radius 3 is 2.79 bits per heavy atom. The van der Waals surface area contributed by atoms with E-state index in [1.54, 1.807) is 5.57 Å². The van der Waals surface area contributed by atoms with Crippen LogP contribution in [0.2, 0.25) is 0 Å². The minimum Gasteiger partial charge on any atom is -0.393 e. The highest BCUT2D eigenvalue weighted by Crippen LogP contribution is 2.56. The van der Waals surface area contributed by atoms with E-state index in [1.807, 2.05) is 0 Å². The first-order chi connectivity index (χ1) is 15.5. The average Bonchev–Trinajstić information content (AvgIpc) is 3.08. The fourth-order valence-electron chi connectivity index (χ4n) is 5.92. The molecular formula is C30H44O3. The van der Waals surface area contributed by atoms with E-state index in [0.29, 0.717) is 31.3 Å². The van der Waals surface area contributed by atoms with E-state index >= 15 is 0 Å². The molecule has 0 radical (unpaired) electrons. The molecule has 0 aromatic carbocycles. The number of allylic oxidation sites excluding steroid dienone is 5. The molecule has 3 nitrogen and oxygen atoms in total. The zero-order valence-corrected chi connectivity index (χ0v) is 21.4. The van der Waals surface area contributed by atoms with Crippen molar-refractivity contribution in [2.24, 2.45) is 22.7 Å². The van der Waals surface area contributed by atoms with Gasteiger partial charge in [0.2, 0.25) is 0 Å². The van der Waals surface area contributed by atoms with Crippen LogP contribution >= 0.6 is 0 Å². The summed E-state index contributed by atoms with van der Waals surface area (Å²) in [5, 5.41) is 20.2. The predicted octanol–water partition coefficient (Wildman–Crippen LogP) is 6.14. The van der Waals surface area contributed by atoms with Gasteiger partial charge in [-0.3, -0.25) is 0 Å². The van der Waals surface area contributed by atoms with Gasteiger partial charge in [-0.05, 0) is 87.7 Å². The molecule has 0 aliphatic heterocycles. The lowest BCUT2D eigenvalue weighted by Gasteiger charge is -2.42. The Hall–Kier alpha value is -1.60. The SMILES string of the molecule is C=C1/C(=C\C=C2/CCC[C@]3(C)C([C@H](C)CCOCC#CC(C)(C)C)=CC[C@@H]23)C[C@@H](O)C[C@@H]1O. The van der Waals surface area contributed by atoms with Crippen LogP contribution < -0.4 is 0 Å². The number of rotatable bonds is 6. The molecule has 0 spiro atoms. The molecule has 0 unspecified atom stereocenters. The second-order valence-corrected chi connectivity index (χ2v) is 11.6. The van der Waals surface area contributed by atoms with E-state index in [-0.39, 0.29) is 10.8 Å². The van der Waals surface area contributed by atoms with Crippen molar-refractivity contribution in [2.75, 3.05) is 13.2 Å². The van der Waals surface area contributed by atoms with Gasteiger partial charge >= 0.3 is 0 Å². The summed E-state index contributed by atoms with van der Waals surface area (Å²) in [6.07, 6.45) is 12.5. The van der Waals surface area contributed by atoms with E-state index < -0.39 is 12.2 Å². The van der Waals surface area contributed by atoms with Crippen LogP contribution in [-0.4, -0.2) is 35.6 Å². The van der Waals surface area contributed by atoms with Gasteiger partial charge in [0.15, 0.2) is 0 Å². The van der Waals surface area contributed by atoms with Crippen LogP contribution in [0.3, 0.4) is 0 Å². The lowest BCUT2D eigenvalue weighted by Crippen LogP contribution is -2.32. The van der Waals surface area contributed by atoms with Gasteiger partial charge < -0.3 is 14.9 Å². The standard InChI is InChI=1S/C30H44O3/c1-21(14-18-33-17-8-15-29(3,4)5)26-12-13-27-23(9-7-16-30(26,27)6)10-11-24-19-25(31)20-28(32)22(24)2/h10-12,21,25,27-28,31-32H,2,7,9,13-14,16-20H2,1,3-6H3/b23-10+,24-11-/t21-,25-,27+,28+,30-/m1/s1. The molecule has 2 saturated carbocycles. The van der Waals surface area contributed by atoms with Gasteiger partial charge in [-0.25, -0.2) is 0 Å². The summed E-state index contributed by atoms with van der Waals surface area (Å²) in [7, 11) is 0. The van der Waals surface area contributed by atoms with Gasteiger partial charge in [0, 0.05) is 18.4 Å². The van der Waals surface area contributed by atoms with E-state index in [4.69, 9.17) is 4.74 Å². The first-order valence-corrected chi connectivity index (χ1v) is 12.7. The van der Waals surface area contributed by atoms with E-state index in [1.165, 1.54) is 18.4 Å². The highest BCUT2D eigenvalue weighted by atomic mass is 16.5. The van der Waals surface area contributed by atoms with Gasteiger partial charge in [-0.1, -0.05) is 61.6 Å². The Kier molecular flexibility index (Phi) is 8.49. The van der Waals surface area contributed by atoms with E-state index in [0.717, 1.165) is 37.0 Å². The van der Waals surface area contributed by atoms with Crippen molar-refractivity contribution in [2.45, 2.75) is 91.8 Å². The molecule has 0 amide bonds. The first kappa shape index (κ1) is 26.0. The second-order valence-electron chi connectivity index (χ2n) is 11.6. The van der Waals surface area contributed by atoms with Crippen molar-refractivity contribution in [3.05, 3.63) is 47.1 Å². The highest BCUT2D eigenvalue weighted by Gasteiger charge is 2.45. The van der Waals surface area contributed by atoms with Crippen molar-refractivity contribution >= 4 is 0 Å². The maximum Gasteiger partial charge on any atom is 0.107 e. The summed E-state index contributed by atoms with van der Waals surface area (Å²) in [5.74, 6) is 7.42. The molecule has 3 aliphatic carbocycles. The Bertz CT molecular complexity index is 872. The van der Waals surface area contributed by atoms with Crippen molar-refractivity contribution in [3.8, 4) is 11.8 Å². The molecule has 0 aromatic rings. The largest absolute Gasteiger partial charge is 0.393 e. The third-order valence-electron chi connectivity index (χ3n) is 7.74. The van der Waals surface area contributed by atoms with Crippen molar-refractivity contribution in [1.29, 1.82) is 0 Å². The molecule has 5 atom stereocenters. The van der Waals surface area contributed by atoms with Crippen LogP contribution in [0.15, 0.2) is 47.1 Å². The van der Waals surface area contributed by atoms with Gasteiger partial charge in [0.05, 0.1) is 12.2 Å². The van der Waals surface area contributed by atoms with Crippen molar-refractivity contribution < 1.29 is 14.9 Å². The fraction of sp³-hybridized carbons (Fsp3) is 0.667. The highest BCUT2D eigenvalue weighted by molar-refractivity contribution is 5.40. The molecule has 3 aliphatic rings. The van der Waals surface area contributed by atoms with Gasteiger partial charge in [-0.15, -0.1) is 0 Å². The molecule has 0 bridgehead atoms. The normalized spacial score (nSPS) is 33.5. The van der Waals surface area contributed by atoms with Crippen molar-refractivity contribution in [1.82, 2.24) is 0 Å². The number of aliphatic hydroxyl groups excluding tert-OH is 2. The molecular weight excluding hydrogens is 408 g/mol. The summed E-state index contributed by atoms with van der Waals surface area (Å²) in [6.45, 7) is 16.5. The minimum absolute atomic E-state index is 0.0287. The molecule has 2 N–H and O–H groups in total. The topological polar surface area (TPSA) is 49.7 Å². The number of aliphatic hydroxyl groups is 2. The molecule has 0 heterocycles. The van der Waals surface area contributed by atoms with Crippen LogP contribution in [0.1, 0.15) is 79.6 Å². The Morgan fingerprint density at radius 1 is 1.30 bits per heavy atom. The Balaban J connectivity index is 1.61. The first-order valence-electron chi connectivity index (χ1n) is 12.7. The van der Waals surface area contributed by atoms with Crippen LogP contribution in [0, 0.1) is 34.5 Å². The number of ether oxygens (including phenoxy) is 1. The number of fused-ring (bicyclic) bond motifs is 1. The van der Waals surface area contributed by atoms with Crippen LogP contribution in [-0.2, 0) is 4.74 Å².